The first kappa shape index (κ1) is 78.2. The molecule has 4 aliphatic rings. The van der Waals surface area contributed by atoms with E-state index in [4.69, 9.17) is 0 Å². The molecule has 16 heteroatoms. The van der Waals surface area contributed by atoms with Crippen LogP contribution in [0.1, 0.15) is 190 Å². The van der Waals surface area contributed by atoms with Crippen LogP contribution >= 0.6 is 141 Å². The van der Waals surface area contributed by atoms with Crippen molar-refractivity contribution in [3.05, 3.63) is 92.9 Å². The van der Waals surface area contributed by atoms with Crippen LogP contribution < -0.4 is 10.4 Å². The second-order valence-corrected chi connectivity index (χ2v) is 52.3. The van der Waals surface area contributed by atoms with Gasteiger partial charge in [-0.3, -0.25) is 0 Å². The first-order chi connectivity index (χ1) is 42.1. The summed E-state index contributed by atoms with van der Waals surface area (Å²) in [5.74, 6) is 19.5. The highest BCUT2D eigenvalue weighted by Gasteiger charge is 2.31. The lowest BCUT2D eigenvalue weighted by atomic mass is 10.2. The van der Waals surface area contributed by atoms with Gasteiger partial charge in [0.05, 0.1) is 75.1 Å². The fourth-order valence-electron chi connectivity index (χ4n) is 8.86. The van der Waals surface area contributed by atoms with Gasteiger partial charge >= 0.3 is 0 Å². The smallest absolute Gasteiger partial charge is 0.127 e. The van der Waals surface area contributed by atoms with Gasteiger partial charge in [-0.25, -0.2) is 0 Å². The molecule has 0 saturated heterocycles. The highest BCUT2D eigenvalue weighted by atomic mass is 32.3. The molecule has 0 fully saturated rings. The number of hydrogen-bond acceptors (Lipinski definition) is 12. The van der Waals surface area contributed by atoms with Crippen molar-refractivity contribution in [1.29, 1.82) is 0 Å². The minimum absolute atomic E-state index is 0.477. The fraction of sp³-hybridized carbons (Fsp3) is 0.556. The molecule has 0 spiro atoms. The summed E-state index contributed by atoms with van der Waals surface area (Å²) in [7, 11) is -4.25. The summed E-state index contributed by atoms with van der Waals surface area (Å²) in [6, 6.07) is 30.2. The van der Waals surface area contributed by atoms with Crippen LogP contribution in [0.3, 0.4) is 0 Å². The standard InChI is InChI=1S/C72H92S12Si4/c1-21-25-41-73-65-66(74-42-26-22-2)82-71(81-65)69-77-61-33-29-57(59(37-45-85(49(5)6)50(7)8)38-46-86(51(9)10)52(11)12)31-35-63-64(80-70(79-63)72-83-67(75-43-27-23-3)68(84-72)76-44-28-24-4)36-32-58(30-34-62(61)78-69)60(39-47-87(53(13)14)54(15)16)40-48-88(55(17)18)56(19)20/h49-56H,21-28,41-44H2,1-20H3. The van der Waals surface area contributed by atoms with Gasteiger partial charge in [0.15, 0.2) is 35.2 Å². The van der Waals surface area contributed by atoms with Gasteiger partial charge in [0.1, 0.15) is 0 Å². The molecule has 0 atom stereocenters. The molecular formula is C72H92S12Si4. The topological polar surface area (TPSA) is 0 Å². The monoisotopic (exact) mass is 1450 g/mol. The van der Waals surface area contributed by atoms with Gasteiger partial charge in [-0.2, -0.15) is 0 Å². The molecule has 4 aliphatic heterocycles. The van der Waals surface area contributed by atoms with Gasteiger partial charge in [0.2, 0.25) is 0 Å². The summed E-state index contributed by atoms with van der Waals surface area (Å²) in [6.45, 7) is 46.4. The lowest BCUT2D eigenvalue weighted by Gasteiger charge is -2.16. The maximum atomic E-state index is 3.86. The van der Waals surface area contributed by atoms with Crippen molar-refractivity contribution in [1.82, 2.24) is 0 Å². The van der Waals surface area contributed by atoms with Crippen molar-refractivity contribution in [3.63, 3.8) is 0 Å². The molecule has 0 amide bonds. The van der Waals surface area contributed by atoms with Crippen molar-refractivity contribution >= 4 is 187 Å². The molecule has 0 bridgehead atoms. The number of hydrogen-bond donors (Lipinski definition) is 0. The zero-order chi connectivity index (χ0) is 64.5. The second kappa shape index (κ2) is 41.4. The third-order valence-corrected chi connectivity index (χ3v) is 42.4. The molecule has 0 saturated carbocycles. The molecule has 1 aromatic carbocycles. The van der Waals surface area contributed by atoms with Gasteiger partial charge < -0.3 is 0 Å². The van der Waals surface area contributed by atoms with Crippen LogP contribution in [0, 0.1) is 94.4 Å². The zero-order valence-electron chi connectivity index (χ0n) is 56.0. The Balaban J connectivity index is 2.01. The van der Waals surface area contributed by atoms with E-state index in [9.17, 15) is 0 Å². The first-order valence-electron chi connectivity index (χ1n) is 31.6. The molecule has 4 heterocycles. The molecule has 468 valence electrons. The predicted molar refractivity (Wildman–Crippen MR) is 425 cm³/mol. The van der Waals surface area contributed by atoms with Gasteiger partial charge in [0, 0.05) is 0 Å². The highest BCUT2D eigenvalue weighted by Crippen LogP contribution is 2.65. The van der Waals surface area contributed by atoms with E-state index in [-0.39, 0.29) is 0 Å². The van der Waals surface area contributed by atoms with E-state index >= 15 is 0 Å². The van der Waals surface area contributed by atoms with E-state index in [1.165, 1.54) is 85.3 Å². The lowest BCUT2D eigenvalue weighted by Crippen LogP contribution is -2.19. The minimum atomic E-state index is -1.06. The Morgan fingerprint density at radius 2 is 0.500 bits per heavy atom. The quantitative estimate of drug-likeness (QED) is 0.0550. The Kier molecular flexibility index (Phi) is 36.8. The predicted octanol–water partition coefficient (Wildman–Crippen LogP) is 24.1. The number of unbranched alkanes of at least 4 members (excludes halogenated alkanes) is 4. The normalized spacial score (nSPS) is 14.4. The molecule has 4 radical (unpaired) electrons. The molecule has 0 unspecified atom stereocenters. The number of thioether (sulfide) groups is 12. The highest BCUT2D eigenvalue weighted by molar-refractivity contribution is 8.43. The third-order valence-electron chi connectivity index (χ3n) is 13.5. The van der Waals surface area contributed by atoms with E-state index in [0.29, 0.717) is 54.8 Å². The van der Waals surface area contributed by atoms with Crippen molar-refractivity contribution in [2.24, 2.45) is 0 Å². The molecule has 1 aromatic rings. The van der Waals surface area contributed by atoms with E-state index in [1.54, 1.807) is 47.0 Å². The Bertz CT molecular complexity index is 2750. The Labute approximate surface area is 596 Å². The third kappa shape index (κ3) is 25.2. The maximum absolute atomic E-state index is 3.86. The van der Waals surface area contributed by atoms with Gasteiger partial charge in [0.25, 0.3) is 0 Å². The summed E-state index contributed by atoms with van der Waals surface area (Å²) >= 11 is 22.9. The van der Waals surface area contributed by atoms with E-state index in [1.807, 2.05) is 94.1 Å². The summed E-state index contributed by atoms with van der Waals surface area (Å²) < 4.78 is 10.8. The Morgan fingerprint density at radius 3 is 0.682 bits per heavy atom. The molecular weight excluding hydrogens is 1360 g/mol. The fourth-order valence-corrected chi connectivity index (χ4v) is 35.1. The molecule has 0 aliphatic carbocycles. The zero-order valence-corrected chi connectivity index (χ0v) is 69.8. The van der Waals surface area contributed by atoms with Crippen molar-refractivity contribution in [2.45, 2.75) is 254 Å². The van der Waals surface area contributed by atoms with Crippen molar-refractivity contribution in [2.75, 3.05) is 23.0 Å². The number of fused-ring (bicyclic) bond motifs is 2. The van der Waals surface area contributed by atoms with E-state index in [0.717, 1.165) is 53.7 Å². The van der Waals surface area contributed by atoms with Crippen LogP contribution in [0.4, 0.5) is 0 Å². The average Bonchev–Trinajstić information content (AvgIpc) is 3.97. The van der Waals surface area contributed by atoms with E-state index < -0.39 is 35.2 Å². The Morgan fingerprint density at radius 1 is 0.307 bits per heavy atom. The SMILES string of the molecule is CCCCSC1=C(SCCCC)SC(=C2Sc3c#cc(=C(C#C[Si](C(C)C)C(C)C)C#C[Si](C(C)C)C(C)C)c#cc4c(c#cc(=C(C#C[Si](C(C)C)C(C)C)C#C[Si](C(C)C)C(C)C)c#cc3S2)SC(=C2SC(SCCCC)=C(SCCCC)S2)S4)S1. The van der Waals surface area contributed by atoms with Crippen LogP contribution in [-0.4, -0.2) is 58.2 Å². The molecule has 88 heavy (non-hydrogen) atoms. The van der Waals surface area contributed by atoms with Crippen LogP contribution in [-0.2, 0) is 0 Å². The minimum Gasteiger partial charge on any atom is -0.127 e. The second-order valence-electron chi connectivity index (χ2n) is 23.8. The largest absolute Gasteiger partial charge is 0.150 e. The number of rotatable bonds is 24. The maximum Gasteiger partial charge on any atom is 0.150 e. The summed E-state index contributed by atoms with van der Waals surface area (Å²) in [6.07, 6.45) is 9.60. The van der Waals surface area contributed by atoms with Gasteiger partial charge in [-0.05, 0) is 117 Å². The van der Waals surface area contributed by atoms with Crippen LogP contribution in [0.25, 0.3) is 11.1 Å². The first-order valence-corrected chi connectivity index (χ1v) is 48.7. The summed E-state index contributed by atoms with van der Waals surface area (Å²) in [5.41, 5.74) is 20.7. The van der Waals surface area contributed by atoms with Crippen LogP contribution in [0.2, 0.25) is 44.3 Å². The average molecular weight is 1450 g/mol. The summed E-state index contributed by atoms with van der Waals surface area (Å²) in [5, 5.41) is 1.36. The molecule has 0 nitrogen and oxygen atoms in total. The Hall–Kier alpha value is -0.532. The molecule has 0 N–H and O–H groups in total. The van der Waals surface area contributed by atoms with Gasteiger partial charge in [-0.1, -0.05) is 306 Å². The van der Waals surface area contributed by atoms with Crippen LogP contribution in [0.15, 0.2) is 53.5 Å². The van der Waals surface area contributed by atoms with E-state index in [2.05, 4.69) is 233 Å². The van der Waals surface area contributed by atoms with Gasteiger partial charge in [-0.15, -0.1) is 69.2 Å². The summed E-state index contributed by atoms with van der Waals surface area (Å²) in [4.78, 5) is 3.70. The lowest BCUT2D eigenvalue weighted by molar-refractivity contribution is 0.897. The van der Waals surface area contributed by atoms with Crippen molar-refractivity contribution in [3.8, 4) is 45.9 Å². The van der Waals surface area contributed by atoms with Crippen LogP contribution in [0.5, 0.6) is 0 Å². The molecule has 5 rings (SSSR count). The van der Waals surface area contributed by atoms with Crippen molar-refractivity contribution < 1.29 is 0 Å². The molecule has 0 aromatic heterocycles.